The molecular weight excluding hydrogens is 364 g/mol. The highest BCUT2D eigenvalue weighted by Crippen LogP contribution is 2.22. The molecule has 6 nitrogen and oxygen atoms in total. The Morgan fingerprint density at radius 3 is 2.59 bits per heavy atom. The van der Waals surface area contributed by atoms with E-state index in [4.69, 9.17) is 11.6 Å². The number of pyridine rings is 1. The second kappa shape index (κ2) is 8.88. The molecule has 2 N–H and O–H groups in total. The quantitative estimate of drug-likeness (QED) is 0.666. The van der Waals surface area contributed by atoms with Gasteiger partial charge in [0.1, 0.15) is 11.5 Å². The van der Waals surface area contributed by atoms with E-state index in [9.17, 15) is 9.90 Å². The number of halogens is 1. The lowest BCUT2D eigenvalue weighted by Gasteiger charge is -2.21. The van der Waals surface area contributed by atoms with E-state index >= 15 is 0 Å². The summed E-state index contributed by atoms with van der Waals surface area (Å²) in [6, 6.07) is 10.9. The molecule has 27 heavy (non-hydrogen) atoms. The zero-order valence-corrected chi connectivity index (χ0v) is 15.5. The van der Waals surface area contributed by atoms with E-state index in [2.05, 4.69) is 29.0 Å². The van der Waals surface area contributed by atoms with Crippen LogP contribution in [0.5, 0.6) is 0 Å². The molecule has 0 fully saturated rings. The Hall–Kier alpha value is -2.57. The summed E-state index contributed by atoms with van der Waals surface area (Å²) < 4.78 is 1.45. The molecule has 0 aliphatic heterocycles. The van der Waals surface area contributed by atoms with E-state index in [0.717, 1.165) is 18.8 Å². The standard InChI is InChI=1S/C19H21ClN4O2.CH4/c1-3-23(4-2)15-8-9-24-17(11-15)22-18(16(12-25)19(24)26)21-14-7-5-6-13(20)10-14;/h5-11,21,25H,3-4,12H2,1-2H3;1H4. The zero-order valence-electron chi connectivity index (χ0n) is 14.7. The van der Waals surface area contributed by atoms with Gasteiger partial charge in [0, 0.05) is 41.8 Å². The molecule has 144 valence electrons. The van der Waals surface area contributed by atoms with Crippen molar-refractivity contribution in [1.29, 1.82) is 0 Å². The van der Waals surface area contributed by atoms with Crippen LogP contribution in [-0.4, -0.2) is 27.6 Å². The van der Waals surface area contributed by atoms with Gasteiger partial charge in [-0.05, 0) is 38.1 Å². The molecule has 0 saturated heterocycles. The van der Waals surface area contributed by atoms with Crippen LogP contribution in [0.4, 0.5) is 17.2 Å². The van der Waals surface area contributed by atoms with Crippen molar-refractivity contribution in [3.63, 3.8) is 0 Å². The van der Waals surface area contributed by atoms with Crippen molar-refractivity contribution < 1.29 is 5.11 Å². The third-order valence-electron chi connectivity index (χ3n) is 4.28. The Bertz CT molecular complexity index is 983. The molecule has 2 aromatic heterocycles. The molecule has 0 atom stereocenters. The van der Waals surface area contributed by atoms with Crippen LogP contribution in [0.2, 0.25) is 5.02 Å². The summed E-state index contributed by atoms with van der Waals surface area (Å²) in [6.45, 7) is 5.47. The number of nitrogens with one attached hydrogen (secondary N) is 1. The van der Waals surface area contributed by atoms with Gasteiger partial charge >= 0.3 is 0 Å². The molecule has 0 unspecified atom stereocenters. The van der Waals surface area contributed by atoms with Crippen LogP contribution in [0.1, 0.15) is 26.8 Å². The fourth-order valence-electron chi connectivity index (χ4n) is 2.90. The average molecular weight is 389 g/mol. The molecule has 1 aromatic carbocycles. The number of aliphatic hydroxyl groups is 1. The first-order valence-corrected chi connectivity index (χ1v) is 8.88. The van der Waals surface area contributed by atoms with Crippen molar-refractivity contribution >= 4 is 34.4 Å². The maximum absolute atomic E-state index is 12.7. The van der Waals surface area contributed by atoms with Crippen LogP contribution in [0, 0.1) is 0 Å². The van der Waals surface area contributed by atoms with Crippen molar-refractivity contribution in [3.05, 3.63) is 63.5 Å². The van der Waals surface area contributed by atoms with Gasteiger partial charge in [-0.25, -0.2) is 4.98 Å². The molecule has 0 saturated carbocycles. The van der Waals surface area contributed by atoms with Crippen molar-refractivity contribution in [2.45, 2.75) is 27.9 Å². The smallest absolute Gasteiger partial charge is 0.265 e. The van der Waals surface area contributed by atoms with Crippen LogP contribution in [-0.2, 0) is 6.61 Å². The van der Waals surface area contributed by atoms with Crippen LogP contribution in [0.3, 0.4) is 0 Å². The molecule has 0 spiro atoms. The molecule has 3 aromatic rings. The maximum atomic E-state index is 12.7. The lowest BCUT2D eigenvalue weighted by molar-refractivity contribution is 0.280. The first-order chi connectivity index (χ1) is 12.6. The number of aromatic nitrogens is 2. The molecule has 0 aliphatic rings. The Morgan fingerprint density at radius 1 is 1.22 bits per heavy atom. The first-order valence-electron chi connectivity index (χ1n) is 8.51. The fraction of sp³-hybridized carbons (Fsp3) is 0.300. The molecular formula is C20H25ClN4O2. The van der Waals surface area contributed by atoms with Gasteiger partial charge in [-0.3, -0.25) is 9.20 Å². The number of benzene rings is 1. The zero-order chi connectivity index (χ0) is 18.7. The highest BCUT2D eigenvalue weighted by atomic mass is 35.5. The Morgan fingerprint density at radius 2 is 1.96 bits per heavy atom. The van der Waals surface area contributed by atoms with E-state index < -0.39 is 6.61 Å². The minimum Gasteiger partial charge on any atom is -0.391 e. The second-order valence-electron chi connectivity index (χ2n) is 5.82. The Labute approximate surface area is 164 Å². The number of aliphatic hydroxyl groups excluding tert-OH is 1. The Kier molecular flexibility index (Phi) is 6.82. The van der Waals surface area contributed by atoms with E-state index in [0.29, 0.717) is 22.2 Å². The van der Waals surface area contributed by atoms with Gasteiger partial charge in [-0.2, -0.15) is 0 Å². The second-order valence-corrected chi connectivity index (χ2v) is 6.26. The minimum absolute atomic E-state index is 0. The largest absolute Gasteiger partial charge is 0.391 e. The van der Waals surface area contributed by atoms with Gasteiger partial charge in [-0.15, -0.1) is 0 Å². The number of nitrogens with zero attached hydrogens (tertiary/aromatic N) is 3. The summed E-state index contributed by atoms with van der Waals surface area (Å²) in [5.74, 6) is 0.330. The normalized spacial score (nSPS) is 10.5. The highest BCUT2D eigenvalue weighted by molar-refractivity contribution is 6.30. The predicted octanol–water partition coefficient (Wildman–Crippen LogP) is 4.07. The number of hydrogen-bond acceptors (Lipinski definition) is 5. The molecule has 0 bridgehead atoms. The summed E-state index contributed by atoms with van der Waals surface area (Å²) in [6.07, 6.45) is 1.70. The van der Waals surface area contributed by atoms with Crippen LogP contribution in [0.15, 0.2) is 47.4 Å². The van der Waals surface area contributed by atoms with E-state index in [-0.39, 0.29) is 18.5 Å². The number of anilines is 3. The molecule has 3 rings (SSSR count). The number of hydrogen-bond donors (Lipinski definition) is 2. The highest BCUT2D eigenvalue weighted by Gasteiger charge is 2.14. The fourth-order valence-corrected chi connectivity index (χ4v) is 3.09. The van der Waals surface area contributed by atoms with Gasteiger partial charge < -0.3 is 15.3 Å². The van der Waals surface area contributed by atoms with E-state index in [1.807, 2.05) is 18.2 Å². The van der Waals surface area contributed by atoms with Gasteiger partial charge in [-0.1, -0.05) is 25.1 Å². The number of rotatable bonds is 6. The average Bonchev–Trinajstić information content (AvgIpc) is 2.63. The topological polar surface area (TPSA) is 69.9 Å². The molecule has 0 amide bonds. The summed E-state index contributed by atoms with van der Waals surface area (Å²) >= 11 is 6.02. The maximum Gasteiger partial charge on any atom is 0.265 e. The van der Waals surface area contributed by atoms with Crippen LogP contribution in [0.25, 0.3) is 5.65 Å². The molecule has 2 heterocycles. The monoisotopic (exact) mass is 388 g/mol. The third kappa shape index (κ3) is 4.23. The first kappa shape index (κ1) is 20.7. The summed E-state index contributed by atoms with van der Waals surface area (Å²) in [7, 11) is 0. The predicted molar refractivity (Wildman–Crippen MR) is 112 cm³/mol. The molecule has 0 aliphatic carbocycles. The van der Waals surface area contributed by atoms with Crippen molar-refractivity contribution in [3.8, 4) is 0 Å². The summed E-state index contributed by atoms with van der Waals surface area (Å²) in [5, 5.41) is 13.3. The van der Waals surface area contributed by atoms with E-state index in [1.165, 1.54) is 4.40 Å². The van der Waals surface area contributed by atoms with Crippen molar-refractivity contribution in [2.75, 3.05) is 23.3 Å². The summed E-state index contributed by atoms with van der Waals surface area (Å²) in [4.78, 5) is 19.5. The lowest BCUT2D eigenvalue weighted by Crippen LogP contribution is -2.24. The third-order valence-corrected chi connectivity index (χ3v) is 4.52. The van der Waals surface area contributed by atoms with E-state index in [1.54, 1.807) is 24.4 Å². The van der Waals surface area contributed by atoms with Crippen molar-refractivity contribution in [2.24, 2.45) is 0 Å². The minimum atomic E-state index is -0.407. The van der Waals surface area contributed by atoms with Crippen molar-refractivity contribution in [1.82, 2.24) is 9.38 Å². The van der Waals surface area contributed by atoms with Gasteiger partial charge in [0.15, 0.2) is 0 Å². The van der Waals surface area contributed by atoms with Gasteiger partial charge in [0.25, 0.3) is 5.56 Å². The van der Waals surface area contributed by atoms with Crippen LogP contribution < -0.4 is 15.8 Å². The molecule has 0 radical (unpaired) electrons. The van der Waals surface area contributed by atoms with Crippen LogP contribution >= 0.6 is 11.6 Å². The number of fused-ring (bicyclic) bond motifs is 1. The SMILES string of the molecule is C.CCN(CC)c1ccn2c(=O)c(CO)c(Nc3cccc(Cl)c3)nc2c1. The van der Waals surface area contributed by atoms with Gasteiger partial charge in [0.05, 0.1) is 12.2 Å². The lowest BCUT2D eigenvalue weighted by atomic mass is 10.2. The Balaban J connectivity index is 0.00000261. The van der Waals surface area contributed by atoms with Gasteiger partial charge in [0.2, 0.25) is 0 Å². The summed E-state index contributed by atoms with van der Waals surface area (Å²) in [5.41, 5.74) is 2.11. The molecule has 7 heteroatoms.